The normalized spacial score (nSPS) is 13.4. The van der Waals surface area contributed by atoms with Crippen LogP contribution in [0.25, 0.3) is 0 Å². The van der Waals surface area contributed by atoms with Crippen LogP contribution in [0, 0.1) is 5.92 Å². The Balaban J connectivity index is 2.68. The van der Waals surface area contributed by atoms with Gasteiger partial charge in [0.15, 0.2) is 0 Å². The van der Waals surface area contributed by atoms with Crippen molar-refractivity contribution in [2.24, 2.45) is 5.92 Å². The Morgan fingerprint density at radius 2 is 1.69 bits per heavy atom. The standard InChI is InChI=1S/C19H26N2O8/c1-12(9-15(23)27-2)16(18(25)28-3)21-17(24)14(10-22)20-19(26)29-11-13-7-5-4-6-8-13/h4-8,12,14,16,22H,9-11H2,1-3H3,(H,20,26)(H,21,24)/t12-,14-,16-/m0/s1. The molecule has 0 aliphatic rings. The van der Waals surface area contributed by atoms with Gasteiger partial charge in [-0.3, -0.25) is 9.59 Å². The van der Waals surface area contributed by atoms with Crippen LogP contribution in [0.1, 0.15) is 18.9 Å². The number of hydrogen-bond acceptors (Lipinski definition) is 8. The third kappa shape index (κ3) is 8.18. The van der Waals surface area contributed by atoms with E-state index in [2.05, 4.69) is 20.1 Å². The number of carbonyl (C=O) groups excluding carboxylic acids is 4. The number of ether oxygens (including phenoxy) is 3. The van der Waals surface area contributed by atoms with Gasteiger partial charge in [0.2, 0.25) is 5.91 Å². The van der Waals surface area contributed by atoms with Gasteiger partial charge in [0.1, 0.15) is 18.7 Å². The van der Waals surface area contributed by atoms with Gasteiger partial charge in [0.05, 0.1) is 27.2 Å². The van der Waals surface area contributed by atoms with Crippen molar-refractivity contribution in [3.05, 3.63) is 35.9 Å². The highest BCUT2D eigenvalue weighted by atomic mass is 16.5. The molecule has 0 spiro atoms. The molecule has 0 aromatic heterocycles. The number of aliphatic hydroxyl groups excluding tert-OH is 1. The predicted molar refractivity (Wildman–Crippen MR) is 100 cm³/mol. The Bertz CT molecular complexity index is 695. The van der Waals surface area contributed by atoms with Gasteiger partial charge in [0, 0.05) is 0 Å². The molecular formula is C19H26N2O8. The first-order valence-electron chi connectivity index (χ1n) is 8.85. The maximum atomic E-state index is 12.4. The van der Waals surface area contributed by atoms with E-state index in [-0.39, 0.29) is 13.0 Å². The van der Waals surface area contributed by atoms with Crippen molar-refractivity contribution in [2.45, 2.75) is 32.0 Å². The summed E-state index contributed by atoms with van der Waals surface area (Å²) in [5.74, 6) is -2.83. The highest BCUT2D eigenvalue weighted by Gasteiger charge is 2.32. The molecule has 3 atom stereocenters. The van der Waals surface area contributed by atoms with Crippen molar-refractivity contribution in [1.29, 1.82) is 0 Å². The summed E-state index contributed by atoms with van der Waals surface area (Å²) in [6.45, 7) is 0.799. The van der Waals surface area contributed by atoms with Gasteiger partial charge >= 0.3 is 18.0 Å². The minimum atomic E-state index is -1.37. The smallest absolute Gasteiger partial charge is 0.408 e. The van der Waals surface area contributed by atoms with Crippen LogP contribution in [0.5, 0.6) is 0 Å². The second kappa shape index (κ2) is 12.3. The lowest BCUT2D eigenvalue weighted by molar-refractivity contribution is -0.148. The Hall–Kier alpha value is -3.14. The lowest BCUT2D eigenvalue weighted by Gasteiger charge is -2.24. The molecule has 0 saturated carbocycles. The quantitative estimate of drug-likeness (QED) is 0.365. The van der Waals surface area contributed by atoms with Gasteiger partial charge in [-0.15, -0.1) is 0 Å². The van der Waals surface area contributed by atoms with Crippen molar-refractivity contribution < 1.29 is 38.5 Å². The van der Waals surface area contributed by atoms with Crippen LogP contribution in [-0.2, 0) is 35.2 Å². The number of hydrogen-bond donors (Lipinski definition) is 3. The average Bonchev–Trinajstić information content (AvgIpc) is 2.73. The number of methoxy groups -OCH3 is 2. The monoisotopic (exact) mass is 410 g/mol. The first kappa shape index (κ1) is 23.9. The summed E-state index contributed by atoms with van der Waals surface area (Å²) in [5, 5.41) is 14.0. The summed E-state index contributed by atoms with van der Waals surface area (Å²) < 4.78 is 14.2. The molecule has 10 heteroatoms. The first-order valence-corrected chi connectivity index (χ1v) is 8.85. The molecule has 3 N–H and O–H groups in total. The van der Waals surface area contributed by atoms with Crippen LogP contribution in [0.15, 0.2) is 30.3 Å². The number of rotatable bonds is 10. The molecule has 0 aliphatic heterocycles. The molecule has 1 aromatic carbocycles. The van der Waals surface area contributed by atoms with Gasteiger partial charge in [-0.25, -0.2) is 9.59 Å². The first-order chi connectivity index (χ1) is 13.8. The van der Waals surface area contributed by atoms with Crippen LogP contribution in [0.4, 0.5) is 4.79 Å². The predicted octanol–water partition coefficient (Wildman–Crippen LogP) is 0.131. The molecule has 2 amide bonds. The van der Waals surface area contributed by atoms with Crippen molar-refractivity contribution in [1.82, 2.24) is 10.6 Å². The molecule has 0 fully saturated rings. The zero-order valence-electron chi connectivity index (χ0n) is 16.5. The Labute approximate surface area is 168 Å². The number of aliphatic hydroxyl groups is 1. The third-order valence-electron chi connectivity index (χ3n) is 4.04. The van der Waals surface area contributed by atoms with E-state index >= 15 is 0 Å². The van der Waals surface area contributed by atoms with Crippen LogP contribution in [-0.4, -0.2) is 62.0 Å². The summed E-state index contributed by atoms with van der Waals surface area (Å²) in [6.07, 6.45) is -1.06. The van der Waals surface area contributed by atoms with E-state index in [1.807, 2.05) is 6.07 Å². The Morgan fingerprint density at radius 3 is 2.24 bits per heavy atom. The molecule has 10 nitrogen and oxygen atoms in total. The van der Waals surface area contributed by atoms with Crippen LogP contribution in [0.3, 0.4) is 0 Å². The highest BCUT2D eigenvalue weighted by Crippen LogP contribution is 2.11. The third-order valence-corrected chi connectivity index (χ3v) is 4.04. The van der Waals surface area contributed by atoms with Gasteiger partial charge in [0.25, 0.3) is 0 Å². The fourth-order valence-electron chi connectivity index (χ4n) is 2.38. The minimum Gasteiger partial charge on any atom is -0.469 e. The molecule has 0 saturated heterocycles. The molecular weight excluding hydrogens is 384 g/mol. The number of nitrogens with one attached hydrogen (secondary N) is 2. The minimum absolute atomic E-state index is 0.0204. The molecule has 1 rings (SSSR count). The van der Waals surface area contributed by atoms with Crippen LogP contribution < -0.4 is 10.6 Å². The number of esters is 2. The maximum Gasteiger partial charge on any atom is 0.408 e. The van der Waals surface area contributed by atoms with Crippen molar-refractivity contribution >= 4 is 23.9 Å². The van der Waals surface area contributed by atoms with E-state index in [0.717, 1.165) is 12.7 Å². The molecule has 0 unspecified atom stereocenters. The zero-order chi connectivity index (χ0) is 21.8. The summed E-state index contributed by atoms with van der Waals surface area (Å²) in [4.78, 5) is 47.8. The highest BCUT2D eigenvalue weighted by molar-refractivity contribution is 5.90. The van der Waals surface area contributed by atoms with Gasteiger partial charge < -0.3 is 30.0 Å². The van der Waals surface area contributed by atoms with E-state index in [9.17, 15) is 24.3 Å². The largest absolute Gasteiger partial charge is 0.469 e. The van der Waals surface area contributed by atoms with Gasteiger partial charge in [-0.05, 0) is 11.5 Å². The van der Waals surface area contributed by atoms with Gasteiger partial charge in [-0.1, -0.05) is 37.3 Å². The van der Waals surface area contributed by atoms with E-state index in [0.29, 0.717) is 0 Å². The fourth-order valence-corrected chi connectivity index (χ4v) is 2.38. The number of amides is 2. The SMILES string of the molecule is COC(=O)C[C@H](C)[C@H](NC(=O)[C@H](CO)NC(=O)OCc1ccccc1)C(=O)OC. The van der Waals surface area contributed by atoms with E-state index in [1.165, 1.54) is 7.11 Å². The molecule has 160 valence electrons. The summed E-state index contributed by atoms with van der Waals surface area (Å²) >= 11 is 0. The number of carbonyl (C=O) groups is 4. The molecule has 0 aliphatic carbocycles. The fraction of sp³-hybridized carbons (Fsp3) is 0.474. The van der Waals surface area contributed by atoms with Crippen LogP contribution >= 0.6 is 0 Å². The van der Waals surface area contributed by atoms with E-state index in [4.69, 9.17) is 4.74 Å². The zero-order valence-corrected chi connectivity index (χ0v) is 16.5. The number of alkyl carbamates (subject to hydrolysis) is 1. The summed E-state index contributed by atoms with van der Waals surface area (Å²) in [7, 11) is 2.34. The van der Waals surface area contributed by atoms with Gasteiger partial charge in [-0.2, -0.15) is 0 Å². The topological polar surface area (TPSA) is 140 Å². The number of benzene rings is 1. The molecule has 1 aromatic rings. The maximum absolute atomic E-state index is 12.4. The lowest BCUT2D eigenvalue weighted by Crippen LogP contribution is -2.55. The molecule has 0 heterocycles. The van der Waals surface area contributed by atoms with Crippen molar-refractivity contribution in [2.75, 3.05) is 20.8 Å². The summed E-state index contributed by atoms with van der Waals surface area (Å²) in [6, 6.07) is 6.35. The molecule has 0 bridgehead atoms. The average molecular weight is 410 g/mol. The van der Waals surface area contributed by atoms with Crippen molar-refractivity contribution in [3.63, 3.8) is 0 Å². The summed E-state index contributed by atoms with van der Waals surface area (Å²) in [5.41, 5.74) is 0.745. The second-order valence-electron chi connectivity index (χ2n) is 6.21. The second-order valence-corrected chi connectivity index (χ2v) is 6.21. The van der Waals surface area contributed by atoms with Crippen molar-refractivity contribution in [3.8, 4) is 0 Å². The Kier molecular flexibility index (Phi) is 10.2. The lowest BCUT2D eigenvalue weighted by atomic mass is 9.98. The molecule has 0 radical (unpaired) electrons. The van der Waals surface area contributed by atoms with E-state index in [1.54, 1.807) is 31.2 Å². The molecule has 29 heavy (non-hydrogen) atoms. The van der Waals surface area contributed by atoms with E-state index < -0.39 is 48.5 Å². The van der Waals surface area contributed by atoms with Crippen LogP contribution in [0.2, 0.25) is 0 Å². The Morgan fingerprint density at radius 1 is 1.03 bits per heavy atom.